The van der Waals surface area contributed by atoms with E-state index in [0.717, 1.165) is 11.6 Å². The van der Waals surface area contributed by atoms with Crippen LogP contribution in [-0.4, -0.2) is 31.0 Å². The van der Waals surface area contributed by atoms with Gasteiger partial charge in [-0.05, 0) is 14.0 Å². The van der Waals surface area contributed by atoms with Gasteiger partial charge in [-0.15, -0.1) is 11.3 Å². The topological polar surface area (TPSA) is 54.0 Å². The number of thiazole rings is 1. The van der Waals surface area contributed by atoms with E-state index in [1.807, 2.05) is 14.0 Å². The van der Waals surface area contributed by atoms with Gasteiger partial charge in [0.05, 0.1) is 5.01 Å². The smallest absolute Gasteiger partial charge is 0.264 e. The zero-order valence-corrected chi connectivity index (χ0v) is 9.63. The maximum atomic E-state index is 11.5. The second-order valence-electron chi connectivity index (χ2n) is 2.71. The lowest BCUT2D eigenvalue weighted by atomic mass is 10.5. The maximum Gasteiger partial charge on any atom is 0.264 e. The molecule has 1 aromatic rings. The molecule has 6 heteroatoms. The Balaban J connectivity index is 2.56. The molecule has 2 N–H and O–H groups in total. The van der Waals surface area contributed by atoms with Gasteiger partial charge < -0.3 is 10.6 Å². The van der Waals surface area contributed by atoms with Gasteiger partial charge >= 0.3 is 0 Å². The van der Waals surface area contributed by atoms with Crippen LogP contribution in [0.3, 0.4) is 0 Å². The van der Waals surface area contributed by atoms with Gasteiger partial charge in [-0.2, -0.15) is 0 Å². The maximum absolute atomic E-state index is 11.5. The van der Waals surface area contributed by atoms with Crippen molar-refractivity contribution in [2.24, 2.45) is 0 Å². The average Bonchev–Trinajstić information content (AvgIpc) is 2.45. The predicted molar refractivity (Wildman–Crippen MR) is 58.1 cm³/mol. The van der Waals surface area contributed by atoms with Gasteiger partial charge in [0.25, 0.3) is 5.91 Å². The normalized spacial score (nSPS) is 10.2. The summed E-state index contributed by atoms with van der Waals surface area (Å²) in [5.74, 6) is -0.157. The third kappa shape index (κ3) is 2.94. The monoisotopic (exact) mass is 233 g/mol. The molecule has 0 aromatic carbocycles. The van der Waals surface area contributed by atoms with Gasteiger partial charge in [-0.25, -0.2) is 4.98 Å². The number of nitrogens with one attached hydrogen (secondary N) is 2. The number of rotatable bonds is 4. The van der Waals surface area contributed by atoms with Crippen molar-refractivity contribution < 1.29 is 4.79 Å². The number of aromatic nitrogens is 1. The van der Waals surface area contributed by atoms with Crippen molar-refractivity contribution in [2.45, 2.75) is 6.92 Å². The largest absolute Gasteiger partial charge is 0.350 e. The predicted octanol–water partition coefficient (Wildman–Crippen LogP) is 1.05. The molecule has 0 aliphatic rings. The summed E-state index contributed by atoms with van der Waals surface area (Å²) in [5.41, 5.74) is 0. The molecule has 0 spiro atoms. The summed E-state index contributed by atoms with van der Waals surface area (Å²) in [7, 11) is 1.83. The number of carbonyl (C=O) groups is 1. The molecule has 0 saturated heterocycles. The third-order valence-corrected chi connectivity index (χ3v) is 2.91. The van der Waals surface area contributed by atoms with Crippen molar-refractivity contribution >= 4 is 28.8 Å². The first kappa shape index (κ1) is 11.4. The van der Waals surface area contributed by atoms with Crippen LogP contribution in [0.4, 0.5) is 0 Å². The summed E-state index contributed by atoms with van der Waals surface area (Å²) < 4.78 is 0. The van der Waals surface area contributed by atoms with Gasteiger partial charge in [-0.3, -0.25) is 4.79 Å². The molecule has 4 nitrogen and oxygen atoms in total. The summed E-state index contributed by atoms with van der Waals surface area (Å²) in [6, 6.07) is 0. The van der Waals surface area contributed by atoms with Crippen LogP contribution in [0.15, 0.2) is 0 Å². The molecule has 1 rings (SSSR count). The molecule has 0 bridgehead atoms. The van der Waals surface area contributed by atoms with Crippen LogP contribution in [0.1, 0.15) is 14.7 Å². The lowest BCUT2D eigenvalue weighted by Crippen LogP contribution is -2.30. The number of aryl methyl sites for hydroxylation is 1. The van der Waals surface area contributed by atoms with Crippen LogP contribution >= 0.6 is 22.9 Å². The minimum atomic E-state index is -0.157. The van der Waals surface area contributed by atoms with Crippen LogP contribution in [0.2, 0.25) is 5.15 Å². The van der Waals surface area contributed by atoms with Gasteiger partial charge in [0.2, 0.25) is 0 Å². The molecule has 78 valence electrons. The second-order valence-corrected chi connectivity index (χ2v) is 4.27. The van der Waals surface area contributed by atoms with E-state index in [1.54, 1.807) is 0 Å². The Bertz CT molecular complexity index is 326. The molecular weight excluding hydrogens is 222 g/mol. The zero-order chi connectivity index (χ0) is 10.6. The van der Waals surface area contributed by atoms with Crippen molar-refractivity contribution in [3.05, 3.63) is 15.0 Å². The van der Waals surface area contributed by atoms with E-state index >= 15 is 0 Å². The van der Waals surface area contributed by atoms with E-state index in [4.69, 9.17) is 11.6 Å². The lowest BCUT2D eigenvalue weighted by Gasteiger charge is -2.01. The number of likely N-dealkylation sites (N-methyl/N-ethyl adjacent to an activating group) is 1. The van der Waals surface area contributed by atoms with E-state index < -0.39 is 0 Å². The molecule has 1 aromatic heterocycles. The number of nitrogens with zero attached hydrogens (tertiary/aromatic N) is 1. The van der Waals surface area contributed by atoms with Crippen molar-refractivity contribution in [3.63, 3.8) is 0 Å². The summed E-state index contributed by atoms with van der Waals surface area (Å²) in [5, 5.41) is 6.76. The van der Waals surface area contributed by atoms with Crippen molar-refractivity contribution in [2.75, 3.05) is 20.1 Å². The average molecular weight is 234 g/mol. The summed E-state index contributed by atoms with van der Waals surface area (Å²) in [4.78, 5) is 16.0. The molecular formula is C8H12ClN3OS. The molecule has 1 heterocycles. The Morgan fingerprint density at radius 1 is 1.57 bits per heavy atom. The zero-order valence-electron chi connectivity index (χ0n) is 8.06. The van der Waals surface area contributed by atoms with E-state index in [0.29, 0.717) is 11.4 Å². The highest BCUT2D eigenvalue weighted by molar-refractivity contribution is 7.14. The standard InChI is InChI=1S/C8H12ClN3OS/c1-5-12-7(9)6(14-5)8(13)11-4-3-10-2/h10H,3-4H2,1-2H3,(H,11,13). The number of hydrogen-bond acceptors (Lipinski definition) is 4. The second kappa shape index (κ2) is 5.29. The van der Waals surface area contributed by atoms with Crippen LogP contribution in [0.25, 0.3) is 0 Å². The summed E-state index contributed by atoms with van der Waals surface area (Å²) in [6.45, 7) is 3.14. The van der Waals surface area contributed by atoms with Gasteiger partial charge in [-0.1, -0.05) is 11.6 Å². The molecule has 0 atom stereocenters. The van der Waals surface area contributed by atoms with Crippen molar-refractivity contribution in [1.82, 2.24) is 15.6 Å². The first-order valence-corrected chi connectivity index (χ1v) is 5.40. The minimum absolute atomic E-state index is 0.157. The van der Waals surface area contributed by atoms with Crippen molar-refractivity contribution in [1.29, 1.82) is 0 Å². The SMILES string of the molecule is CNCCNC(=O)c1sc(C)nc1Cl. The molecule has 0 aliphatic carbocycles. The molecule has 0 unspecified atom stereocenters. The fraction of sp³-hybridized carbons (Fsp3) is 0.500. The van der Waals surface area contributed by atoms with Gasteiger partial charge in [0.1, 0.15) is 4.88 Å². The Labute approximate surface area is 91.7 Å². The summed E-state index contributed by atoms with van der Waals surface area (Å²) in [6.07, 6.45) is 0. The van der Waals surface area contributed by atoms with E-state index in [-0.39, 0.29) is 11.1 Å². The number of hydrogen-bond donors (Lipinski definition) is 2. The van der Waals surface area contributed by atoms with Crippen LogP contribution < -0.4 is 10.6 Å². The molecule has 0 aliphatic heterocycles. The van der Waals surface area contributed by atoms with Crippen LogP contribution in [0.5, 0.6) is 0 Å². The Morgan fingerprint density at radius 3 is 2.79 bits per heavy atom. The van der Waals surface area contributed by atoms with E-state index in [1.165, 1.54) is 11.3 Å². The highest BCUT2D eigenvalue weighted by Crippen LogP contribution is 2.21. The molecule has 1 amide bonds. The van der Waals surface area contributed by atoms with Crippen LogP contribution in [-0.2, 0) is 0 Å². The number of amides is 1. The van der Waals surface area contributed by atoms with Crippen LogP contribution in [0, 0.1) is 6.92 Å². The molecule has 14 heavy (non-hydrogen) atoms. The fourth-order valence-corrected chi connectivity index (χ4v) is 2.03. The molecule has 0 saturated carbocycles. The van der Waals surface area contributed by atoms with Gasteiger partial charge in [0.15, 0.2) is 5.15 Å². The third-order valence-electron chi connectivity index (χ3n) is 1.56. The first-order valence-electron chi connectivity index (χ1n) is 4.21. The summed E-state index contributed by atoms with van der Waals surface area (Å²) >= 11 is 7.08. The Morgan fingerprint density at radius 2 is 2.29 bits per heavy atom. The Hall–Kier alpha value is -0.650. The lowest BCUT2D eigenvalue weighted by molar-refractivity contribution is 0.0958. The highest BCUT2D eigenvalue weighted by atomic mass is 35.5. The first-order chi connectivity index (χ1) is 6.65. The minimum Gasteiger partial charge on any atom is -0.350 e. The molecule has 0 fully saturated rings. The number of halogens is 1. The van der Waals surface area contributed by atoms with E-state index in [9.17, 15) is 4.79 Å². The van der Waals surface area contributed by atoms with E-state index in [2.05, 4.69) is 15.6 Å². The van der Waals surface area contributed by atoms with Crippen molar-refractivity contribution in [3.8, 4) is 0 Å². The van der Waals surface area contributed by atoms with Gasteiger partial charge in [0, 0.05) is 13.1 Å². The Kier molecular flexibility index (Phi) is 4.31. The highest BCUT2D eigenvalue weighted by Gasteiger charge is 2.14. The quantitative estimate of drug-likeness (QED) is 0.765. The fourth-order valence-electron chi connectivity index (χ4n) is 0.923. The molecule has 0 radical (unpaired) electrons. The number of carbonyl (C=O) groups excluding carboxylic acids is 1.